The summed E-state index contributed by atoms with van der Waals surface area (Å²) in [6, 6.07) is 2.07. The first-order chi connectivity index (χ1) is 14.8. The second-order valence-corrected chi connectivity index (χ2v) is 8.85. The van der Waals surface area contributed by atoms with E-state index in [-0.39, 0.29) is 23.7 Å². The summed E-state index contributed by atoms with van der Waals surface area (Å²) in [6.45, 7) is 7.68. The molecule has 0 saturated carbocycles. The lowest BCUT2D eigenvalue weighted by Gasteiger charge is -2.35. The van der Waals surface area contributed by atoms with Crippen molar-refractivity contribution in [1.29, 1.82) is 0 Å². The minimum atomic E-state index is -4.62. The zero-order valence-corrected chi connectivity index (χ0v) is 18.4. The molecule has 0 spiro atoms. The molecule has 1 fully saturated rings. The van der Waals surface area contributed by atoms with Crippen LogP contribution in [0.5, 0.6) is 5.75 Å². The highest BCUT2D eigenvalue weighted by atomic mass is 19.4. The third-order valence-electron chi connectivity index (χ3n) is 5.21. The topological polar surface area (TPSA) is 84.7 Å². The van der Waals surface area contributed by atoms with E-state index in [4.69, 9.17) is 4.74 Å². The minimum Gasteiger partial charge on any atom is -0.507 e. The summed E-state index contributed by atoms with van der Waals surface area (Å²) in [4.78, 5) is 31.5. The van der Waals surface area contributed by atoms with E-state index < -0.39 is 34.7 Å². The molecule has 0 radical (unpaired) electrons. The van der Waals surface area contributed by atoms with Crippen LogP contribution in [-0.4, -0.2) is 44.3 Å². The van der Waals surface area contributed by atoms with Gasteiger partial charge in [-0.05, 0) is 58.7 Å². The predicted octanol–water partition coefficient (Wildman–Crippen LogP) is 4.52. The Morgan fingerprint density at radius 3 is 2.50 bits per heavy atom. The van der Waals surface area contributed by atoms with Gasteiger partial charge in [0, 0.05) is 24.8 Å². The number of aryl methyl sites for hydroxylation is 1. The number of hydrogen-bond donors (Lipinski definition) is 1. The Morgan fingerprint density at radius 1 is 1.22 bits per heavy atom. The number of benzene rings is 1. The Balaban J connectivity index is 1.95. The molecule has 1 aliphatic heterocycles. The summed E-state index contributed by atoms with van der Waals surface area (Å²) in [7, 11) is 0. The van der Waals surface area contributed by atoms with Crippen LogP contribution in [0.1, 0.15) is 51.0 Å². The quantitative estimate of drug-likeness (QED) is 0.723. The highest BCUT2D eigenvalue weighted by Crippen LogP contribution is 2.35. The van der Waals surface area contributed by atoms with Gasteiger partial charge in [-0.3, -0.25) is 9.36 Å². The van der Waals surface area contributed by atoms with Crippen molar-refractivity contribution in [2.24, 2.45) is 0 Å². The van der Waals surface area contributed by atoms with Crippen molar-refractivity contribution >= 4 is 6.09 Å². The van der Waals surface area contributed by atoms with Crippen LogP contribution in [0.25, 0.3) is 11.1 Å². The zero-order chi connectivity index (χ0) is 23.8. The first-order valence-corrected chi connectivity index (χ1v) is 10.2. The van der Waals surface area contributed by atoms with Crippen molar-refractivity contribution in [2.45, 2.75) is 58.4 Å². The maximum atomic E-state index is 13.3. The molecule has 32 heavy (non-hydrogen) atoms. The predicted molar refractivity (Wildman–Crippen MR) is 111 cm³/mol. The van der Waals surface area contributed by atoms with E-state index in [2.05, 4.69) is 4.98 Å². The third kappa shape index (κ3) is 5.05. The van der Waals surface area contributed by atoms with Crippen molar-refractivity contribution in [2.75, 3.05) is 13.1 Å². The molecule has 0 bridgehead atoms. The van der Waals surface area contributed by atoms with E-state index >= 15 is 0 Å². The number of alkyl halides is 3. The molecular weight excluding hydrogens is 427 g/mol. The highest BCUT2D eigenvalue weighted by Gasteiger charge is 2.32. The molecule has 0 unspecified atom stereocenters. The summed E-state index contributed by atoms with van der Waals surface area (Å²) >= 11 is 0. The average molecular weight is 453 g/mol. The van der Waals surface area contributed by atoms with Crippen molar-refractivity contribution < 1.29 is 27.8 Å². The number of rotatable bonds is 2. The molecule has 1 aromatic heterocycles. The van der Waals surface area contributed by atoms with Gasteiger partial charge in [-0.15, -0.1) is 0 Å². The molecule has 2 aromatic rings. The molecule has 10 heteroatoms. The lowest BCUT2D eigenvalue weighted by atomic mass is 10.0. The summed E-state index contributed by atoms with van der Waals surface area (Å²) in [5.41, 5.74) is -2.22. The molecule has 2 heterocycles. The molecule has 1 aliphatic rings. The van der Waals surface area contributed by atoms with Gasteiger partial charge >= 0.3 is 12.3 Å². The van der Waals surface area contributed by atoms with Crippen molar-refractivity contribution in [3.63, 3.8) is 0 Å². The number of aromatic hydroxyl groups is 1. The van der Waals surface area contributed by atoms with Crippen LogP contribution in [0.15, 0.2) is 29.2 Å². The second-order valence-electron chi connectivity index (χ2n) is 8.85. The molecule has 1 amide bonds. The van der Waals surface area contributed by atoms with Crippen molar-refractivity contribution in [3.8, 4) is 16.9 Å². The highest BCUT2D eigenvalue weighted by molar-refractivity contribution is 5.70. The smallest absolute Gasteiger partial charge is 0.416 e. The van der Waals surface area contributed by atoms with Gasteiger partial charge in [0.1, 0.15) is 17.2 Å². The minimum absolute atomic E-state index is 0.0174. The number of halogens is 3. The van der Waals surface area contributed by atoms with E-state index in [0.29, 0.717) is 31.3 Å². The summed E-state index contributed by atoms with van der Waals surface area (Å²) in [5.74, 6) is -0.255. The third-order valence-corrected chi connectivity index (χ3v) is 5.21. The number of ether oxygens (including phenoxy) is 1. The number of carbonyl (C=O) groups excluding carboxylic acids is 1. The number of hydrogen-bond acceptors (Lipinski definition) is 5. The molecule has 174 valence electrons. The molecule has 7 nitrogen and oxygen atoms in total. The van der Waals surface area contributed by atoms with E-state index in [1.807, 2.05) is 0 Å². The van der Waals surface area contributed by atoms with Crippen LogP contribution in [0.3, 0.4) is 0 Å². The molecule has 0 aliphatic carbocycles. The van der Waals surface area contributed by atoms with Crippen molar-refractivity contribution in [1.82, 2.24) is 14.5 Å². The van der Waals surface area contributed by atoms with E-state index in [0.717, 1.165) is 12.1 Å². The summed E-state index contributed by atoms with van der Waals surface area (Å²) in [6.07, 6.45) is -2.59. The van der Waals surface area contributed by atoms with Crippen LogP contribution in [0, 0.1) is 6.92 Å². The van der Waals surface area contributed by atoms with Crippen LogP contribution in [-0.2, 0) is 10.9 Å². The average Bonchev–Trinajstić information content (AvgIpc) is 2.67. The Kier molecular flexibility index (Phi) is 6.26. The number of carbonyl (C=O) groups is 1. The number of phenols is 1. The number of phenolic OH excluding ortho intramolecular Hbond substituents is 1. The Bertz CT molecular complexity index is 1070. The van der Waals surface area contributed by atoms with Gasteiger partial charge in [0.05, 0.1) is 17.2 Å². The summed E-state index contributed by atoms with van der Waals surface area (Å²) < 4.78 is 45.6. The SMILES string of the molecule is Cc1ncc(-c2ccc(C(F)(F)F)cc2O)c(=O)n1[C@@H]1CCCN(C(=O)OC(C)(C)C)C1. The lowest BCUT2D eigenvalue weighted by molar-refractivity contribution is -0.137. The maximum Gasteiger partial charge on any atom is 0.416 e. The van der Waals surface area contributed by atoms with Gasteiger partial charge in [0.25, 0.3) is 5.56 Å². The number of nitrogens with zero attached hydrogens (tertiary/aromatic N) is 3. The van der Waals surface area contributed by atoms with Gasteiger partial charge in [0.2, 0.25) is 0 Å². The van der Waals surface area contributed by atoms with Gasteiger partial charge in [0.15, 0.2) is 0 Å². The van der Waals surface area contributed by atoms with Crippen LogP contribution in [0.4, 0.5) is 18.0 Å². The fourth-order valence-corrected chi connectivity index (χ4v) is 3.76. The first-order valence-electron chi connectivity index (χ1n) is 10.2. The molecular formula is C22H26F3N3O4. The normalized spacial score (nSPS) is 17.3. The largest absolute Gasteiger partial charge is 0.507 e. The number of aromatic nitrogens is 2. The lowest BCUT2D eigenvalue weighted by Crippen LogP contribution is -2.45. The second kappa shape index (κ2) is 8.48. The molecule has 1 N–H and O–H groups in total. The van der Waals surface area contributed by atoms with Gasteiger partial charge in [-0.2, -0.15) is 13.2 Å². The molecule has 3 rings (SSSR count). The molecule has 1 saturated heterocycles. The molecule has 1 atom stereocenters. The Labute approximate surface area is 183 Å². The number of piperidine rings is 1. The number of likely N-dealkylation sites (tertiary alicyclic amines) is 1. The van der Waals surface area contributed by atoms with Crippen LogP contribution < -0.4 is 5.56 Å². The van der Waals surface area contributed by atoms with Gasteiger partial charge in [-0.1, -0.05) is 0 Å². The monoisotopic (exact) mass is 453 g/mol. The van der Waals surface area contributed by atoms with Gasteiger partial charge in [-0.25, -0.2) is 9.78 Å². The van der Waals surface area contributed by atoms with Gasteiger partial charge < -0.3 is 14.7 Å². The van der Waals surface area contributed by atoms with Crippen molar-refractivity contribution in [3.05, 3.63) is 46.1 Å². The van der Waals surface area contributed by atoms with Crippen LogP contribution in [0.2, 0.25) is 0 Å². The fourth-order valence-electron chi connectivity index (χ4n) is 3.76. The fraction of sp³-hybridized carbons (Fsp3) is 0.500. The molecule has 1 aromatic carbocycles. The standard InChI is InChI=1S/C22H26F3N3O4/c1-13-26-11-17(16-8-7-14(10-18(16)29)22(23,24)25)19(30)28(13)15-6-5-9-27(12-15)20(31)32-21(2,3)4/h7-8,10-11,15,29H,5-6,9,12H2,1-4H3/t15-/m1/s1. The Hall–Kier alpha value is -3.04. The zero-order valence-electron chi connectivity index (χ0n) is 18.4. The van der Waals surface area contributed by atoms with Crippen LogP contribution >= 0.6 is 0 Å². The maximum absolute atomic E-state index is 13.3. The van der Waals surface area contributed by atoms with E-state index in [9.17, 15) is 27.9 Å². The first kappa shape index (κ1) is 23.6. The summed E-state index contributed by atoms with van der Waals surface area (Å²) in [5, 5.41) is 10.2. The Morgan fingerprint density at radius 2 is 1.91 bits per heavy atom. The van der Waals surface area contributed by atoms with E-state index in [1.54, 1.807) is 27.7 Å². The van der Waals surface area contributed by atoms with E-state index in [1.165, 1.54) is 15.7 Å². The number of amides is 1.